The topological polar surface area (TPSA) is 72.0 Å². The molecule has 30 heavy (non-hydrogen) atoms. The summed E-state index contributed by atoms with van der Waals surface area (Å²) in [5.74, 6) is 1.26. The zero-order valence-corrected chi connectivity index (χ0v) is 18.7. The number of hydrogen-bond donors (Lipinski definition) is 2. The standard InChI is InChI=1S/C24H37N3O3/c1-4-29-23(28)19-11-13-21(14-12-19)27-24(25-3)26-16-20-6-5-15-30-22(20)18-9-7-17(2)8-10-18/h7-10,19-22H,4-6,11-16H2,1-3H3,(H2,25,26,27). The van der Waals surface area contributed by atoms with Crippen LogP contribution >= 0.6 is 0 Å². The summed E-state index contributed by atoms with van der Waals surface area (Å²) in [6.07, 6.45) is 6.04. The number of benzene rings is 1. The second-order valence-corrected chi connectivity index (χ2v) is 8.50. The Balaban J connectivity index is 1.48. The molecule has 0 amide bonds. The highest BCUT2D eigenvalue weighted by molar-refractivity contribution is 5.80. The van der Waals surface area contributed by atoms with E-state index in [9.17, 15) is 4.79 Å². The Hall–Kier alpha value is -2.08. The molecule has 1 aliphatic heterocycles. The molecule has 1 heterocycles. The molecule has 1 saturated heterocycles. The monoisotopic (exact) mass is 415 g/mol. The van der Waals surface area contributed by atoms with Crippen LogP contribution in [0.3, 0.4) is 0 Å². The number of nitrogens with zero attached hydrogens (tertiary/aromatic N) is 1. The predicted octanol–water partition coefficient (Wildman–Crippen LogP) is 3.75. The third-order valence-corrected chi connectivity index (χ3v) is 6.29. The predicted molar refractivity (Wildman–Crippen MR) is 119 cm³/mol. The molecule has 0 spiro atoms. The molecule has 0 radical (unpaired) electrons. The van der Waals surface area contributed by atoms with Crippen LogP contribution in [-0.4, -0.2) is 44.8 Å². The number of aryl methyl sites for hydroxylation is 1. The Bertz CT molecular complexity index is 696. The Kier molecular flexibility index (Phi) is 8.55. The van der Waals surface area contributed by atoms with E-state index >= 15 is 0 Å². The maximum absolute atomic E-state index is 11.9. The summed E-state index contributed by atoms with van der Waals surface area (Å²) in [6.45, 7) is 6.09. The molecule has 3 rings (SSSR count). The van der Waals surface area contributed by atoms with Crippen molar-refractivity contribution in [2.24, 2.45) is 16.8 Å². The number of aliphatic imine (C=N–C) groups is 1. The molecule has 2 N–H and O–H groups in total. The Labute approximate surface area is 180 Å². The van der Waals surface area contributed by atoms with Crippen molar-refractivity contribution in [2.75, 3.05) is 26.8 Å². The molecule has 0 bridgehead atoms. The van der Waals surface area contributed by atoms with E-state index in [1.807, 2.05) is 14.0 Å². The molecule has 1 saturated carbocycles. The first-order valence-electron chi connectivity index (χ1n) is 11.4. The van der Waals surface area contributed by atoms with Gasteiger partial charge in [-0.3, -0.25) is 9.79 Å². The number of nitrogens with one attached hydrogen (secondary N) is 2. The van der Waals surface area contributed by atoms with Crippen molar-refractivity contribution in [2.45, 2.75) is 64.5 Å². The normalized spacial score (nSPS) is 27.4. The molecule has 6 heteroatoms. The Morgan fingerprint density at radius 2 is 1.90 bits per heavy atom. The highest BCUT2D eigenvalue weighted by atomic mass is 16.5. The third-order valence-electron chi connectivity index (χ3n) is 6.29. The van der Waals surface area contributed by atoms with Gasteiger partial charge in [0.2, 0.25) is 0 Å². The van der Waals surface area contributed by atoms with E-state index in [0.29, 0.717) is 18.6 Å². The highest BCUT2D eigenvalue weighted by Crippen LogP contribution is 2.33. The van der Waals surface area contributed by atoms with Gasteiger partial charge in [0.15, 0.2) is 5.96 Å². The van der Waals surface area contributed by atoms with E-state index in [4.69, 9.17) is 9.47 Å². The molecule has 2 fully saturated rings. The zero-order valence-electron chi connectivity index (χ0n) is 18.7. The molecule has 2 unspecified atom stereocenters. The van der Waals surface area contributed by atoms with Crippen LogP contribution in [0.5, 0.6) is 0 Å². The van der Waals surface area contributed by atoms with Gasteiger partial charge in [-0.15, -0.1) is 0 Å². The first kappa shape index (κ1) is 22.6. The summed E-state index contributed by atoms with van der Waals surface area (Å²) in [7, 11) is 1.81. The van der Waals surface area contributed by atoms with E-state index in [1.165, 1.54) is 11.1 Å². The minimum Gasteiger partial charge on any atom is -0.466 e. The molecule has 6 nitrogen and oxygen atoms in total. The molecular formula is C24H37N3O3. The average Bonchev–Trinajstić information content (AvgIpc) is 2.78. The number of rotatable bonds is 6. The van der Waals surface area contributed by atoms with Crippen LogP contribution in [0.15, 0.2) is 29.3 Å². The van der Waals surface area contributed by atoms with Crippen LogP contribution in [0.1, 0.15) is 62.7 Å². The van der Waals surface area contributed by atoms with Gasteiger partial charge < -0.3 is 20.1 Å². The van der Waals surface area contributed by atoms with Gasteiger partial charge in [-0.2, -0.15) is 0 Å². The van der Waals surface area contributed by atoms with Crippen LogP contribution in [0, 0.1) is 18.8 Å². The second-order valence-electron chi connectivity index (χ2n) is 8.50. The molecular weight excluding hydrogens is 378 g/mol. The van der Waals surface area contributed by atoms with Crippen molar-refractivity contribution in [3.63, 3.8) is 0 Å². The van der Waals surface area contributed by atoms with Crippen LogP contribution < -0.4 is 10.6 Å². The van der Waals surface area contributed by atoms with Gasteiger partial charge in [0.05, 0.1) is 18.6 Å². The van der Waals surface area contributed by atoms with Gasteiger partial charge in [0.1, 0.15) is 0 Å². The fourth-order valence-corrected chi connectivity index (χ4v) is 4.53. The van der Waals surface area contributed by atoms with Crippen molar-refractivity contribution >= 4 is 11.9 Å². The average molecular weight is 416 g/mol. The number of guanidine groups is 1. The van der Waals surface area contributed by atoms with Crippen molar-refractivity contribution < 1.29 is 14.3 Å². The van der Waals surface area contributed by atoms with E-state index in [2.05, 4.69) is 46.8 Å². The fraction of sp³-hybridized carbons (Fsp3) is 0.667. The van der Waals surface area contributed by atoms with E-state index in [1.54, 1.807) is 0 Å². The van der Waals surface area contributed by atoms with Crippen LogP contribution in [0.4, 0.5) is 0 Å². The smallest absolute Gasteiger partial charge is 0.308 e. The first-order chi connectivity index (χ1) is 14.6. The molecule has 1 aliphatic carbocycles. The number of ether oxygens (including phenoxy) is 2. The summed E-state index contributed by atoms with van der Waals surface area (Å²) < 4.78 is 11.3. The lowest BCUT2D eigenvalue weighted by Gasteiger charge is -2.33. The van der Waals surface area contributed by atoms with Crippen LogP contribution in [-0.2, 0) is 14.3 Å². The Morgan fingerprint density at radius 3 is 2.57 bits per heavy atom. The minimum absolute atomic E-state index is 0.0436. The van der Waals surface area contributed by atoms with Gasteiger partial charge >= 0.3 is 5.97 Å². The summed E-state index contributed by atoms with van der Waals surface area (Å²) in [6, 6.07) is 9.04. The number of hydrogen-bond acceptors (Lipinski definition) is 4. The molecule has 1 aromatic rings. The summed E-state index contributed by atoms with van der Waals surface area (Å²) in [5.41, 5.74) is 2.53. The quantitative estimate of drug-likeness (QED) is 0.421. The van der Waals surface area contributed by atoms with Crippen molar-refractivity contribution in [1.82, 2.24) is 10.6 Å². The van der Waals surface area contributed by atoms with Crippen molar-refractivity contribution in [1.29, 1.82) is 0 Å². The van der Waals surface area contributed by atoms with E-state index in [0.717, 1.165) is 57.6 Å². The summed E-state index contributed by atoms with van der Waals surface area (Å²) in [4.78, 5) is 16.4. The van der Waals surface area contributed by atoms with E-state index < -0.39 is 0 Å². The maximum atomic E-state index is 11.9. The molecule has 2 aliphatic rings. The highest BCUT2D eigenvalue weighted by Gasteiger charge is 2.29. The largest absolute Gasteiger partial charge is 0.466 e. The fourth-order valence-electron chi connectivity index (χ4n) is 4.53. The molecule has 2 atom stereocenters. The molecule has 1 aromatic carbocycles. The molecule has 0 aromatic heterocycles. The maximum Gasteiger partial charge on any atom is 0.308 e. The lowest BCUT2D eigenvalue weighted by molar-refractivity contribution is -0.149. The minimum atomic E-state index is -0.0436. The van der Waals surface area contributed by atoms with E-state index in [-0.39, 0.29) is 18.0 Å². The first-order valence-corrected chi connectivity index (χ1v) is 11.4. The molecule has 166 valence electrons. The van der Waals surface area contributed by atoms with Gasteiger partial charge in [0.25, 0.3) is 0 Å². The summed E-state index contributed by atoms with van der Waals surface area (Å²) in [5, 5.41) is 7.06. The summed E-state index contributed by atoms with van der Waals surface area (Å²) >= 11 is 0. The second kappa shape index (κ2) is 11.3. The number of esters is 1. The number of carbonyl (C=O) groups is 1. The lowest BCUT2D eigenvalue weighted by atomic mass is 9.86. The Morgan fingerprint density at radius 1 is 1.17 bits per heavy atom. The van der Waals surface area contributed by atoms with Gasteiger partial charge in [0, 0.05) is 32.2 Å². The third kappa shape index (κ3) is 6.21. The van der Waals surface area contributed by atoms with Crippen LogP contribution in [0.2, 0.25) is 0 Å². The van der Waals surface area contributed by atoms with Crippen LogP contribution in [0.25, 0.3) is 0 Å². The SMILES string of the molecule is CCOC(=O)C1CCC(NC(=NC)NCC2CCCOC2c2ccc(C)cc2)CC1. The van der Waals surface area contributed by atoms with Gasteiger partial charge in [-0.05, 0) is 57.9 Å². The van der Waals surface area contributed by atoms with Gasteiger partial charge in [-0.1, -0.05) is 29.8 Å². The van der Waals surface area contributed by atoms with Gasteiger partial charge in [-0.25, -0.2) is 0 Å². The van der Waals surface area contributed by atoms with Crippen molar-refractivity contribution in [3.8, 4) is 0 Å². The zero-order chi connectivity index (χ0) is 21.3. The lowest BCUT2D eigenvalue weighted by Crippen LogP contribution is -2.47. The number of carbonyl (C=O) groups excluding carboxylic acids is 1. The van der Waals surface area contributed by atoms with Crippen molar-refractivity contribution in [3.05, 3.63) is 35.4 Å².